The van der Waals surface area contributed by atoms with E-state index in [-0.39, 0.29) is 11.6 Å². The van der Waals surface area contributed by atoms with E-state index in [0.29, 0.717) is 52.5 Å². The Morgan fingerprint density at radius 2 is 1.87 bits per heavy atom. The Morgan fingerprint density at radius 1 is 1.17 bits per heavy atom. The highest BCUT2D eigenvalue weighted by Gasteiger charge is 2.33. The molecule has 30 heavy (non-hydrogen) atoms. The lowest BCUT2D eigenvalue weighted by molar-refractivity contribution is -0.384. The van der Waals surface area contributed by atoms with Crippen LogP contribution >= 0.6 is 39.9 Å². The van der Waals surface area contributed by atoms with Gasteiger partial charge in [-0.2, -0.15) is 0 Å². The third kappa shape index (κ3) is 4.27. The van der Waals surface area contributed by atoms with Crippen molar-refractivity contribution >= 4 is 73.3 Å². The molecule has 7 nitrogen and oxygen atoms in total. The molecule has 0 atom stereocenters. The minimum absolute atomic E-state index is 0.00837. The molecule has 0 aromatic heterocycles. The Morgan fingerprint density at radius 3 is 2.53 bits per heavy atom. The zero-order valence-electron chi connectivity index (χ0n) is 15.6. The largest absolute Gasteiger partial charge is 0.378 e. The molecule has 0 bridgehead atoms. The van der Waals surface area contributed by atoms with Crippen LogP contribution in [0.5, 0.6) is 0 Å². The van der Waals surface area contributed by atoms with Crippen LogP contribution in [0.2, 0.25) is 0 Å². The molecular formula is C20H16BrN3O4S2. The standard InChI is InChI=1S/C20H16BrN3O4S2/c21-14-2-4-15(5-3-14)23-19(25)18(30-20(23)29)12-13-1-6-16(17(11-13)24(26)27)22-7-9-28-10-8-22/h1-6,11-12H,7-10H2/b18-12-. The lowest BCUT2D eigenvalue weighted by atomic mass is 10.1. The maximum Gasteiger partial charge on any atom is 0.293 e. The van der Waals surface area contributed by atoms with Gasteiger partial charge in [0.2, 0.25) is 0 Å². The first-order chi connectivity index (χ1) is 14.4. The van der Waals surface area contributed by atoms with E-state index >= 15 is 0 Å². The van der Waals surface area contributed by atoms with Crippen molar-refractivity contribution in [1.82, 2.24) is 0 Å². The summed E-state index contributed by atoms with van der Waals surface area (Å²) < 4.78 is 6.65. The number of benzene rings is 2. The molecule has 0 N–H and O–H groups in total. The zero-order valence-corrected chi connectivity index (χ0v) is 18.8. The van der Waals surface area contributed by atoms with Crippen LogP contribution in [0.15, 0.2) is 51.8 Å². The molecule has 0 unspecified atom stereocenters. The average molecular weight is 506 g/mol. The molecule has 0 aliphatic carbocycles. The molecule has 0 spiro atoms. The Hall–Kier alpha value is -2.27. The van der Waals surface area contributed by atoms with E-state index in [1.165, 1.54) is 22.7 Å². The number of hydrogen-bond acceptors (Lipinski definition) is 7. The number of rotatable bonds is 4. The summed E-state index contributed by atoms with van der Waals surface area (Å²) in [5.41, 5.74) is 1.82. The summed E-state index contributed by atoms with van der Waals surface area (Å²) in [7, 11) is 0. The van der Waals surface area contributed by atoms with Crippen molar-refractivity contribution in [2.45, 2.75) is 0 Å². The summed E-state index contributed by atoms with van der Waals surface area (Å²) in [5.74, 6) is -0.243. The summed E-state index contributed by atoms with van der Waals surface area (Å²) in [6.07, 6.45) is 1.65. The summed E-state index contributed by atoms with van der Waals surface area (Å²) in [4.78, 5) is 28.0. The van der Waals surface area contributed by atoms with E-state index < -0.39 is 4.92 Å². The van der Waals surface area contributed by atoms with Gasteiger partial charge >= 0.3 is 0 Å². The third-order valence-corrected chi connectivity index (χ3v) is 6.56. The van der Waals surface area contributed by atoms with Gasteiger partial charge in [-0.15, -0.1) is 0 Å². The fourth-order valence-corrected chi connectivity index (χ4v) is 4.84. The second kappa shape index (κ2) is 8.84. The molecule has 2 saturated heterocycles. The molecular weight excluding hydrogens is 490 g/mol. The number of halogens is 1. The SMILES string of the molecule is O=C1/C(=C/c2ccc(N3CCOCC3)c([N+](=O)[O-])c2)SC(=S)N1c1ccc(Br)cc1. The Kier molecular flexibility index (Phi) is 6.19. The van der Waals surface area contributed by atoms with Crippen LogP contribution in [0, 0.1) is 10.1 Å². The highest BCUT2D eigenvalue weighted by atomic mass is 79.9. The van der Waals surface area contributed by atoms with Gasteiger partial charge in [0, 0.05) is 23.6 Å². The van der Waals surface area contributed by atoms with Gasteiger partial charge in [0.1, 0.15) is 5.69 Å². The lowest BCUT2D eigenvalue weighted by Gasteiger charge is -2.28. The molecule has 2 aliphatic rings. The Labute approximate surface area is 191 Å². The maximum atomic E-state index is 12.9. The highest BCUT2D eigenvalue weighted by Crippen LogP contribution is 2.37. The molecule has 1 amide bonds. The van der Waals surface area contributed by atoms with Gasteiger partial charge in [-0.1, -0.05) is 46.0 Å². The molecule has 2 aromatic rings. The Bertz CT molecular complexity index is 1050. The summed E-state index contributed by atoms with van der Waals surface area (Å²) >= 11 is 9.95. The summed E-state index contributed by atoms with van der Waals surface area (Å²) in [6.45, 7) is 2.28. The highest BCUT2D eigenvalue weighted by molar-refractivity contribution is 9.10. The maximum absolute atomic E-state index is 12.9. The molecule has 2 aliphatic heterocycles. The van der Waals surface area contributed by atoms with E-state index in [2.05, 4.69) is 15.9 Å². The first kappa shape index (κ1) is 21.0. The van der Waals surface area contributed by atoms with Crippen molar-refractivity contribution < 1.29 is 14.5 Å². The van der Waals surface area contributed by atoms with E-state index in [0.717, 1.165) is 4.47 Å². The van der Waals surface area contributed by atoms with Crippen molar-refractivity contribution in [3.8, 4) is 0 Å². The number of carbonyl (C=O) groups is 1. The topological polar surface area (TPSA) is 75.9 Å². The second-order valence-corrected chi connectivity index (χ2v) is 9.19. The number of nitro benzene ring substituents is 1. The third-order valence-electron chi connectivity index (χ3n) is 4.72. The fourth-order valence-electron chi connectivity index (χ4n) is 3.28. The predicted octanol–water partition coefficient (Wildman–Crippen LogP) is 4.60. The van der Waals surface area contributed by atoms with Gasteiger partial charge in [-0.05, 0) is 42.0 Å². The van der Waals surface area contributed by atoms with Crippen molar-refractivity contribution in [3.63, 3.8) is 0 Å². The van der Waals surface area contributed by atoms with Crippen molar-refractivity contribution in [3.05, 3.63) is 67.5 Å². The van der Waals surface area contributed by atoms with Crippen LogP contribution < -0.4 is 9.80 Å². The molecule has 2 aromatic carbocycles. The van der Waals surface area contributed by atoms with Gasteiger partial charge in [-0.3, -0.25) is 19.8 Å². The summed E-state index contributed by atoms with van der Waals surface area (Å²) in [6, 6.07) is 12.3. The number of thioether (sulfide) groups is 1. The fraction of sp³-hybridized carbons (Fsp3) is 0.200. The van der Waals surface area contributed by atoms with Crippen molar-refractivity contribution in [1.29, 1.82) is 0 Å². The van der Waals surface area contributed by atoms with Crippen molar-refractivity contribution in [2.24, 2.45) is 0 Å². The molecule has 0 radical (unpaired) electrons. The molecule has 10 heteroatoms. The average Bonchev–Trinajstić information content (AvgIpc) is 3.02. The number of morpholine rings is 1. The number of ether oxygens (including phenoxy) is 1. The number of nitro groups is 1. The smallest absolute Gasteiger partial charge is 0.293 e. The normalized spacial score (nSPS) is 18.4. The van der Waals surface area contributed by atoms with Gasteiger partial charge in [0.25, 0.3) is 11.6 Å². The number of carbonyl (C=O) groups excluding carboxylic acids is 1. The minimum atomic E-state index is -0.394. The predicted molar refractivity (Wildman–Crippen MR) is 126 cm³/mol. The van der Waals surface area contributed by atoms with E-state index in [4.69, 9.17) is 17.0 Å². The number of thiocarbonyl (C=S) groups is 1. The number of nitrogens with zero attached hydrogens (tertiary/aromatic N) is 3. The lowest BCUT2D eigenvalue weighted by Crippen LogP contribution is -2.36. The van der Waals surface area contributed by atoms with Crippen LogP contribution in [-0.4, -0.2) is 41.5 Å². The molecule has 2 fully saturated rings. The zero-order chi connectivity index (χ0) is 21.3. The van der Waals surface area contributed by atoms with Gasteiger partial charge < -0.3 is 9.64 Å². The van der Waals surface area contributed by atoms with E-state index in [1.54, 1.807) is 30.3 Å². The number of hydrogen-bond donors (Lipinski definition) is 0. The number of amides is 1. The van der Waals surface area contributed by atoms with Gasteiger partial charge in [0.15, 0.2) is 4.32 Å². The number of anilines is 2. The first-order valence-electron chi connectivity index (χ1n) is 9.09. The second-order valence-electron chi connectivity index (χ2n) is 6.60. The minimum Gasteiger partial charge on any atom is -0.378 e. The van der Waals surface area contributed by atoms with Crippen LogP contribution in [0.3, 0.4) is 0 Å². The van der Waals surface area contributed by atoms with Gasteiger partial charge in [0.05, 0.1) is 28.7 Å². The monoisotopic (exact) mass is 505 g/mol. The molecule has 2 heterocycles. The summed E-state index contributed by atoms with van der Waals surface area (Å²) in [5, 5.41) is 11.7. The van der Waals surface area contributed by atoms with E-state index in [1.807, 2.05) is 17.0 Å². The molecule has 0 saturated carbocycles. The van der Waals surface area contributed by atoms with Gasteiger partial charge in [-0.25, -0.2) is 0 Å². The van der Waals surface area contributed by atoms with Crippen LogP contribution in [0.1, 0.15) is 5.56 Å². The first-order valence-corrected chi connectivity index (χ1v) is 11.1. The quantitative estimate of drug-likeness (QED) is 0.260. The molecule has 4 rings (SSSR count). The molecule has 154 valence electrons. The van der Waals surface area contributed by atoms with Crippen molar-refractivity contribution in [2.75, 3.05) is 36.1 Å². The van der Waals surface area contributed by atoms with E-state index in [9.17, 15) is 14.9 Å². The van der Waals surface area contributed by atoms with Crippen LogP contribution in [-0.2, 0) is 9.53 Å². The van der Waals surface area contributed by atoms with Crippen LogP contribution in [0.25, 0.3) is 6.08 Å². The Balaban J connectivity index is 1.63. The van der Waals surface area contributed by atoms with Crippen LogP contribution in [0.4, 0.5) is 17.1 Å².